The first-order chi connectivity index (χ1) is 14.2. The molecule has 0 aromatic heterocycles. The third kappa shape index (κ3) is 3.10. The standard InChI is InChI=1S/C23H18F3NO3/c1-3-30-22(29)17-12(2)27-20-15-6-4-5-7-16(15)21(28)19(20)18(17)13-8-10-14(11-9-13)23(24,25)26/h4-11,18,27H,3H2,1-2H3/t18-/m1/s1. The molecule has 7 heteroatoms. The first-order valence-electron chi connectivity index (χ1n) is 9.44. The van der Waals surface area contributed by atoms with Crippen LogP contribution in [0.2, 0.25) is 0 Å². The summed E-state index contributed by atoms with van der Waals surface area (Å²) < 4.78 is 44.3. The molecule has 4 nitrogen and oxygen atoms in total. The number of nitrogens with one attached hydrogen (secondary N) is 1. The lowest BCUT2D eigenvalue weighted by atomic mass is 9.79. The van der Waals surface area contributed by atoms with Crippen LogP contribution in [0.25, 0.3) is 5.70 Å². The molecular weight excluding hydrogens is 395 g/mol. The summed E-state index contributed by atoms with van der Waals surface area (Å²) in [6.07, 6.45) is -4.48. The van der Waals surface area contributed by atoms with E-state index >= 15 is 0 Å². The largest absolute Gasteiger partial charge is 0.463 e. The van der Waals surface area contributed by atoms with Crippen molar-refractivity contribution in [1.29, 1.82) is 0 Å². The molecule has 0 amide bonds. The number of ether oxygens (including phenoxy) is 1. The molecule has 1 aliphatic heterocycles. The van der Waals surface area contributed by atoms with E-state index in [0.29, 0.717) is 33.7 Å². The number of rotatable bonds is 3. The molecule has 0 saturated heterocycles. The lowest BCUT2D eigenvalue weighted by Crippen LogP contribution is -2.29. The van der Waals surface area contributed by atoms with E-state index in [-0.39, 0.29) is 18.0 Å². The number of hydrogen-bond donors (Lipinski definition) is 1. The monoisotopic (exact) mass is 413 g/mol. The van der Waals surface area contributed by atoms with Gasteiger partial charge in [-0.15, -0.1) is 0 Å². The minimum absolute atomic E-state index is 0.134. The van der Waals surface area contributed by atoms with Gasteiger partial charge in [0.25, 0.3) is 0 Å². The summed E-state index contributed by atoms with van der Waals surface area (Å²) in [7, 11) is 0. The van der Waals surface area contributed by atoms with E-state index in [0.717, 1.165) is 12.1 Å². The van der Waals surface area contributed by atoms with Crippen LogP contribution >= 0.6 is 0 Å². The zero-order chi connectivity index (χ0) is 21.6. The Labute approximate surface area is 171 Å². The van der Waals surface area contributed by atoms with Crippen LogP contribution in [0.4, 0.5) is 13.2 Å². The van der Waals surface area contributed by atoms with E-state index in [9.17, 15) is 22.8 Å². The summed E-state index contributed by atoms with van der Waals surface area (Å²) in [5, 5.41) is 3.15. The fourth-order valence-corrected chi connectivity index (χ4v) is 4.01. The van der Waals surface area contributed by atoms with Crippen molar-refractivity contribution < 1.29 is 27.5 Å². The van der Waals surface area contributed by atoms with Gasteiger partial charge in [-0.25, -0.2) is 4.79 Å². The molecule has 1 aliphatic carbocycles. The van der Waals surface area contributed by atoms with E-state index in [1.54, 1.807) is 38.1 Å². The summed E-state index contributed by atoms with van der Waals surface area (Å²) in [5.74, 6) is -1.70. The number of dihydropyridines is 1. The molecule has 0 radical (unpaired) electrons. The molecule has 0 saturated carbocycles. The van der Waals surface area contributed by atoms with Crippen LogP contribution in [0.5, 0.6) is 0 Å². The average molecular weight is 413 g/mol. The smallest absolute Gasteiger partial charge is 0.416 e. The summed E-state index contributed by atoms with van der Waals surface area (Å²) in [5.41, 5.74) is 2.45. The van der Waals surface area contributed by atoms with Crippen LogP contribution in [-0.4, -0.2) is 18.4 Å². The zero-order valence-corrected chi connectivity index (χ0v) is 16.3. The average Bonchev–Trinajstić information content (AvgIpc) is 2.99. The Morgan fingerprint density at radius 2 is 1.70 bits per heavy atom. The van der Waals surface area contributed by atoms with Crippen LogP contribution in [0.1, 0.15) is 46.8 Å². The van der Waals surface area contributed by atoms with Gasteiger partial charge in [0.05, 0.1) is 23.4 Å². The lowest BCUT2D eigenvalue weighted by Gasteiger charge is -2.29. The molecule has 30 heavy (non-hydrogen) atoms. The highest BCUT2D eigenvalue weighted by molar-refractivity contribution is 6.23. The van der Waals surface area contributed by atoms with E-state index in [2.05, 4.69) is 5.32 Å². The molecule has 2 aromatic carbocycles. The molecule has 2 aromatic rings. The highest BCUT2D eigenvalue weighted by atomic mass is 19.4. The van der Waals surface area contributed by atoms with Crippen LogP contribution in [-0.2, 0) is 15.7 Å². The molecule has 0 spiro atoms. The Hall–Kier alpha value is -3.35. The Kier molecular flexibility index (Phi) is 4.76. The fourth-order valence-electron chi connectivity index (χ4n) is 4.01. The second kappa shape index (κ2) is 7.16. The molecule has 1 atom stereocenters. The van der Waals surface area contributed by atoms with E-state index < -0.39 is 23.6 Å². The quantitative estimate of drug-likeness (QED) is 0.732. The molecule has 154 valence electrons. The second-order valence-corrected chi connectivity index (χ2v) is 7.10. The number of esters is 1. The van der Waals surface area contributed by atoms with Crippen molar-refractivity contribution in [2.45, 2.75) is 25.9 Å². The number of carbonyl (C=O) groups excluding carboxylic acids is 2. The number of fused-ring (bicyclic) bond motifs is 2. The van der Waals surface area contributed by atoms with Crippen LogP contribution < -0.4 is 5.32 Å². The van der Waals surface area contributed by atoms with Crippen molar-refractivity contribution in [3.63, 3.8) is 0 Å². The van der Waals surface area contributed by atoms with Gasteiger partial charge in [0.2, 0.25) is 0 Å². The molecule has 0 unspecified atom stereocenters. The van der Waals surface area contributed by atoms with E-state index in [1.807, 2.05) is 0 Å². The number of halogens is 3. The molecule has 1 N–H and O–H groups in total. The van der Waals surface area contributed by atoms with Crippen LogP contribution in [0, 0.1) is 0 Å². The Morgan fingerprint density at radius 1 is 1.07 bits per heavy atom. The third-order valence-corrected chi connectivity index (χ3v) is 5.32. The van der Waals surface area contributed by atoms with Crippen molar-refractivity contribution >= 4 is 17.4 Å². The fraction of sp³-hybridized carbons (Fsp3) is 0.217. The SMILES string of the molecule is CCOC(=O)C1=C(C)NC2=C(C(=O)c3ccccc32)[C@@H]1c1ccc(C(F)(F)F)cc1. The van der Waals surface area contributed by atoms with Gasteiger partial charge in [-0.2, -0.15) is 13.2 Å². The van der Waals surface area contributed by atoms with Crippen molar-refractivity contribution in [3.8, 4) is 0 Å². The van der Waals surface area contributed by atoms with E-state index in [4.69, 9.17) is 4.74 Å². The number of Topliss-reactive ketones (excluding diaryl/α,β-unsaturated/α-hetero) is 1. The number of alkyl halides is 3. The predicted molar refractivity (Wildman–Crippen MR) is 104 cm³/mol. The number of allylic oxidation sites excluding steroid dienone is 2. The van der Waals surface area contributed by atoms with Gasteiger partial charge < -0.3 is 10.1 Å². The number of ketones is 1. The van der Waals surface area contributed by atoms with Gasteiger partial charge in [-0.3, -0.25) is 4.79 Å². The van der Waals surface area contributed by atoms with Gasteiger partial charge >= 0.3 is 12.1 Å². The molecule has 0 bridgehead atoms. The first kappa shape index (κ1) is 19.9. The molecule has 1 heterocycles. The maximum absolute atomic E-state index is 13.2. The molecule has 4 rings (SSSR count). The van der Waals surface area contributed by atoms with Gasteiger partial charge in [0.15, 0.2) is 5.78 Å². The number of carbonyl (C=O) groups is 2. The highest BCUT2D eigenvalue weighted by Gasteiger charge is 2.43. The van der Waals surface area contributed by atoms with Gasteiger partial charge in [0.1, 0.15) is 0 Å². The van der Waals surface area contributed by atoms with Gasteiger partial charge in [-0.1, -0.05) is 36.4 Å². The maximum Gasteiger partial charge on any atom is 0.416 e. The first-order valence-corrected chi connectivity index (χ1v) is 9.44. The minimum atomic E-state index is -4.48. The van der Waals surface area contributed by atoms with Gasteiger partial charge in [-0.05, 0) is 31.5 Å². The summed E-state index contributed by atoms with van der Waals surface area (Å²) in [6.45, 7) is 3.49. The van der Waals surface area contributed by atoms with Gasteiger partial charge in [0, 0.05) is 28.3 Å². The lowest BCUT2D eigenvalue weighted by molar-refractivity contribution is -0.139. The van der Waals surface area contributed by atoms with Crippen molar-refractivity contribution in [3.05, 3.63) is 87.6 Å². The summed E-state index contributed by atoms with van der Waals surface area (Å²) in [4.78, 5) is 26.0. The van der Waals surface area contributed by atoms with Crippen LogP contribution in [0.3, 0.4) is 0 Å². The Bertz CT molecular complexity index is 1110. The van der Waals surface area contributed by atoms with Crippen molar-refractivity contribution in [1.82, 2.24) is 5.32 Å². The van der Waals surface area contributed by atoms with E-state index in [1.165, 1.54) is 12.1 Å². The number of benzene rings is 2. The normalized spacial score (nSPS) is 18.2. The third-order valence-electron chi connectivity index (χ3n) is 5.32. The molecular formula is C23H18F3NO3. The highest BCUT2D eigenvalue weighted by Crippen LogP contribution is 2.47. The molecule has 0 fully saturated rings. The molecule has 2 aliphatic rings. The zero-order valence-electron chi connectivity index (χ0n) is 16.3. The summed E-state index contributed by atoms with van der Waals surface area (Å²) in [6, 6.07) is 11.6. The maximum atomic E-state index is 13.2. The topological polar surface area (TPSA) is 55.4 Å². The minimum Gasteiger partial charge on any atom is -0.463 e. The summed E-state index contributed by atoms with van der Waals surface area (Å²) >= 11 is 0. The second-order valence-electron chi connectivity index (χ2n) is 7.10. The predicted octanol–water partition coefficient (Wildman–Crippen LogP) is 4.84. The van der Waals surface area contributed by atoms with Crippen molar-refractivity contribution in [2.24, 2.45) is 0 Å². The Balaban J connectivity index is 1.89. The Morgan fingerprint density at radius 3 is 2.30 bits per heavy atom. The van der Waals surface area contributed by atoms with Crippen LogP contribution in [0.15, 0.2) is 65.4 Å². The number of hydrogen-bond acceptors (Lipinski definition) is 4. The van der Waals surface area contributed by atoms with Crippen molar-refractivity contribution in [2.75, 3.05) is 6.61 Å².